The SMILES string of the molecule is CCCCCC=CCCCCC(N)CCCCC/C=C\CCCCC. The summed E-state index contributed by atoms with van der Waals surface area (Å²) in [6, 6.07) is 0.429. The van der Waals surface area contributed by atoms with Crippen molar-refractivity contribution in [2.24, 2.45) is 5.73 Å². The largest absolute Gasteiger partial charge is 0.328 e. The lowest BCUT2D eigenvalue weighted by atomic mass is 10.0. The molecule has 0 radical (unpaired) electrons. The Bertz CT molecular complexity index is 292. The van der Waals surface area contributed by atoms with E-state index in [1.165, 1.54) is 109 Å². The molecule has 0 aromatic carbocycles. The van der Waals surface area contributed by atoms with Crippen LogP contribution in [0.4, 0.5) is 0 Å². The Morgan fingerprint density at radius 3 is 1.32 bits per heavy atom. The zero-order valence-electron chi connectivity index (χ0n) is 17.5. The van der Waals surface area contributed by atoms with Gasteiger partial charge in [-0.2, -0.15) is 0 Å². The number of nitrogens with two attached hydrogens (primary N) is 1. The monoisotopic (exact) mass is 349 g/mol. The average molecular weight is 350 g/mol. The second kappa shape index (κ2) is 21.5. The molecular formula is C24H47N. The van der Waals surface area contributed by atoms with Crippen molar-refractivity contribution in [3.63, 3.8) is 0 Å². The molecule has 2 N–H and O–H groups in total. The average Bonchev–Trinajstić information content (AvgIpc) is 2.62. The highest BCUT2D eigenvalue weighted by atomic mass is 14.6. The fourth-order valence-corrected chi connectivity index (χ4v) is 3.15. The predicted octanol–water partition coefficient (Wildman–Crippen LogP) is 8.10. The third-order valence-electron chi connectivity index (χ3n) is 4.92. The van der Waals surface area contributed by atoms with E-state index >= 15 is 0 Å². The number of rotatable bonds is 19. The van der Waals surface area contributed by atoms with Crippen LogP contribution in [-0.4, -0.2) is 6.04 Å². The molecule has 1 atom stereocenters. The van der Waals surface area contributed by atoms with E-state index in [9.17, 15) is 0 Å². The highest BCUT2D eigenvalue weighted by molar-refractivity contribution is 4.82. The molecule has 148 valence electrons. The second-order valence-electron chi connectivity index (χ2n) is 7.62. The van der Waals surface area contributed by atoms with Crippen LogP contribution >= 0.6 is 0 Å². The molecule has 0 rings (SSSR count). The number of hydrogen-bond acceptors (Lipinski definition) is 1. The van der Waals surface area contributed by atoms with E-state index in [-0.39, 0.29) is 0 Å². The third kappa shape index (κ3) is 21.4. The molecule has 0 spiro atoms. The van der Waals surface area contributed by atoms with Crippen LogP contribution in [0.15, 0.2) is 24.3 Å². The topological polar surface area (TPSA) is 26.0 Å². The van der Waals surface area contributed by atoms with Crippen LogP contribution in [0.5, 0.6) is 0 Å². The molecule has 1 heteroatoms. The van der Waals surface area contributed by atoms with Gasteiger partial charge in [-0.3, -0.25) is 0 Å². The van der Waals surface area contributed by atoms with Crippen molar-refractivity contribution in [3.05, 3.63) is 24.3 Å². The summed E-state index contributed by atoms with van der Waals surface area (Å²) in [5.41, 5.74) is 6.25. The molecule has 1 unspecified atom stereocenters. The fourth-order valence-electron chi connectivity index (χ4n) is 3.15. The highest BCUT2D eigenvalue weighted by Crippen LogP contribution is 2.11. The van der Waals surface area contributed by atoms with Gasteiger partial charge in [-0.05, 0) is 64.2 Å². The summed E-state index contributed by atoms with van der Waals surface area (Å²) in [6.07, 6.45) is 31.6. The quantitative estimate of drug-likeness (QED) is 0.185. The summed E-state index contributed by atoms with van der Waals surface area (Å²) < 4.78 is 0. The Labute approximate surface area is 159 Å². The molecule has 0 saturated heterocycles. The lowest BCUT2D eigenvalue weighted by molar-refractivity contribution is 0.502. The first-order valence-electron chi connectivity index (χ1n) is 11.4. The van der Waals surface area contributed by atoms with Crippen molar-refractivity contribution in [1.29, 1.82) is 0 Å². The van der Waals surface area contributed by atoms with Crippen molar-refractivity contribution in [2.45, 2.75) is 129 Å². The van der Waals surface area contributed by atoms with Gasteiger partial charge in [-0.1, -0.05) is 83.1 Å². The molecule has 0 aromatic rings. The molecule has 0 fully saturated rings. The van der Waals surface area contributed by atoms with E-state index in [0.29, 0.717) is 6.04 Å². The number of hydrogen-bond donors (Lipinski definition) is 1. The summed E-state index contributed by atoms with van der Waals surface area (Å²) in [5.74, 6) is 0. The van der Waals surface area contributed by atoms with Gasteiger partial charge in [-0.15, -0.1) is 0 Å². The maximum atomic E-state index is 6.25. The summed E-state index contributed by atoms with van der Waals surface area (Å²) in [6.45, 7) is 4.53. The molecule has 0 aliphatic carbocycles. The molecule has 0 bridgehead atoms. The van der Waals surface area contributed by atoms with Crippen LogP contribution in [0.1, 0.15) is 123 Å². The summed E-state index contributed by atoms with van der Waals surface area (Å²) in [4.78, 5) is 0. The van der Waals surface area contributed by atoms with Gasteiger partial charge in [-0.25, -0.2) is 0 Å². The van der Waals surface area contributed by atoms with Crippen LogP contribution in [0.2, 0.25) is 0 Å². The van der Waals surface area contributed by atoms with E-state index in [0.717, 1.165) is 0 Å². The lowest BCUT2D eigenvalue weighted by Gasteiger charge is -2.10. The molecule has 0 heterocycles. The van der Waals surface area contributed by atoms with Crippen molar-refractivity contribution in [3.8, 4) is 0 Å². The van der Waals surface area contributed by atoms with Crippen LogP contribution in [0.3, 0.4) is 0 Å². The van der Waals surface area contributed by atoms with Gasteiger partial charge in [0.05, 0.1) is 0 Å². The third-order valence-corrected chi connectivity index (χ3v) is 4.92. The first-order valence-corrected chi connectivity index (χ1v) is 11.4. The maximum absolute atomic E-state index is 6.25. The van der Waals surface area contributed by atoms with E-state index < -0.39 is 0 Å². The molecular weight excluding hydrogens is 302 g/mol. The zero-order valence-corrected chi connectivity index (χ0v) is 17.5. The van der Waals surface area contributed by atoms with Gasteiger partial charge in [0.15, 0.2) is 0 Å². The molecule has 0 amide bonds. The highest BCUT2D eigenvalue weighted by Gasteiger charge is 2.01. The van der Waals surface area contributed by atoms with Gasteiger partial charge in [0.2, 0.25) is 0 Å². The second-order valence-corrected chi connectivity index (χ2v) is 7.62. The Morgan fingerprint density at radius 1 is 0.520 bits per heavy atom. The van der Waals surface area contributed by atoms with Gasteiger partial charge >= 0.3 is 0 Å². The Morgan fingerprint density at radius 2 is 0.880 bits per heavy atom. The van der Waals surface area contributed by atoms with Crippen LogP contribution in [0.25, 0.3) is 0 Å². The Hall–Kier alpha value is -0.560. The first kappa shape index (κ1) is 24.4. The molecule has 0 aliphatic heterocycles. The molecule has 0 aromatic heterocycles. The van der Waals surface area contributed by atoms with Crippen molar-refractivity contribution < 1.29 is 0 Å². The molecule has 0 aliphatic rings. The van der Waals surface area contributed by atoms with E-state index in [2.05, 4.69) is 38.2 Å². The predicted molar refractivity (Wildman–Crippen MR) is 116 cm³/mol. The number of unbranched alkanes of at least 4 members (excludes halogenated alkanes) is 11. The molecule has 1 nitrogen and oxygen atoms in total. The summed E-state index contributed by atoms with van der Waals surface area (Å²) >= 11 is 0. The van der Waals surface area contributed by atoms with Crippen molar-refractivity contribution in [1.82, 2.24) is 0 Å². The van der Waals surface area contributed by atoms with E-state index in [1.54, 1.807) is 0 Å². The molecule has 25 heavy (non-hydrogen) atoms. The van der Waals surface area contributed by atoms with Crippen LogP contribution in [0, 0.1) is 0 Å². The maximum Gasteiger partial charge on any atom is 0.00388 e. The Balaban J connectivity index is 3.26. The minimum Gasteiger partial charge on any atom is -0.328 e. The van der Waals surface area contributed by atoms with Crippen molar-refractivity contribution in [2.75, 3.05) is 0 Å². The summed E-state index contributed by atoms with van der Waals surface area (Å²) in [7, 11) is 0. The first-order chi connectivity index (χ1) is 12.3. The summed E-state index contributed by atoms with van der Waals surface area (Å²) in [5, 5.41) is 0. The van der Waals surface area contributed by atoms with Crippen LogP contribution < -0.4 is 5.73 Å². The minimum absolute atomic E-state index is 0.429. The van der Waals surface area contributed by atoms with E-state index in [1.807, 2.05) is 0 Å². The van der Waals surface area contributed by atoms with Gasteiger partial charge in [0.1, 0.15) is 0 Å². The van der Waals surface area contributed by atoms with Crippen LogP contribution in [-0.2, 0) is 0 Å². The van der Waals surface area contributed by atoms with E-state index in [4.69, 9.17) is 5.73 Å². The smallest absolute Gasteiger partial charge is 0.00388 e. The van der Waals surface area contributed by atoms with Crippen molar-refractivity contribution >= 4 is 0 Å². The minimum atomic E-state index is 0.429. The zero-order chi connectivity index (χ0) is 18.4. The number of allylic oxidation sites excluding steroid dienone is 4. The lowest BCUT2D eigenvalue weighted by Crippen LogP contribution is -2.19. The normalized spacial score (nSPS) is 13.2. The van der Waals surface area contributed by atoms with Gasteiger partial charge < -0.3 is 5.73 Å². The van der Waals surface area contributed by atoms with Gasteiger partial charge in [0, 0.05) is 6.04 Å². The fraction of sp³-hybridized carbons (Fsp3) is 0.833. The van der Waals surface area contributed by atoms with Gasteiger partial charge in [0.25, 0.3) is 0 Å². The Kier molecular flexibility index (Phi) is 21.0. The molecule has 0 saturated carbocycles. The standard InChI is InChI=1S/C24H47N/c1-3-5-7-9-11-13-15-17-19-21-23-24(25)22-20-18-16-14-12-10-8-6-4-2/h11-14,24H,3-10,15-23,25H2,1-2H3/b13-11-,14-12?.